The van der Waals surface area contributed by atoms with Crippen molar-refractivity contribution in [2.24, 2.45) is 0 Å². The molecular weight excluding hydrogens is 310 g/mol. The Bertz CT molecular complexity index is 627. The molecule has 2 aromatic rings. The molecule has 1 fully saturated rings. The molecule has 0 amide bonds. The molecule has 4 heteroatoms. The molecule has 0 bridgehead atoms. The van der Waals surface area contributed by atoms with Gasteiger partial charge < -0.3 is 14.8 Å². The molecule has 0 aromatic heterocycles. The van der Waals surface area contributed by atoms with Gasteiger partial charge >= 0.3 is 0 Å². The Morgan fingerprint density at radius 2 is 2.00 bits per heavy atom. The van der Waals surface area contributed by atoms with E-state index in [0.717, 1.165) is 22.7 Å². The first-order valence-corrected chi connectivity index (χ1v) is 8.34. The molecule has 23 heavy (non-hydrogen) atoms. The highest BCUT2D eigenvalue weighted by molar-refractivity contribution is 6.30. The van der Waals surface area contributed by atoms with E-state index >= 15 is 0 Å². The van der Waals surface area contributed by atoms with Gasteiger partial charge in [-0.25, -0.2) is 0 Å². The first-order chi connectivity index (χ1) is 11.1. The number of ether oxygens (including phenoxy) is 2. The summed E-state index contributed by atoms with van der Waals surface area (Å²) >= 11 is 6.16. The van der Waals surface area contributed by atoms with Crippen LogP contribution in [0.1, 0.15) is 35.8 Å². The molecule has 2 aromatic carbocycles. The van der Waals surface area contributed by atoms with E-state index in [1.54, 1.807) is 0 Å². The van der Waals surface area contributed by atoms with Gasteiger partial charge in [0, 0.05) is 11.6 Å². The monoisotopic (exact) mass is 331 g/mol. The van der Waals surface area contributed by atoms with E-state index in [9.17, 15) is 0 Å². The minimum absolute atomic E-state index is 0.0349. The number of hydrogen-bond acceptors (Lipinski definition) is 3. The normalized spacial score (nSPS) is 22.7. The summed E-state index contributed by atoms with van der Waals surface area (Å²) in [6.07, 6.45) is -0.413. The number of nitrogens with one attached hydrogen (secondary N) is 1. The zero-order valence-corrected chi connectivity index (χ0v) is 14.2. The highest BCUT2D eigenvalue weighted by atomic mass is 35.5. The summed E-state index contributed by atoms with van der Waals surface area (Å²) in [5.41, 5.74) is 3.37. The Hall–Kier alpha value is -1.39. The zero-order valence-electron chi connectivity index (χ0n) is 13.5. The molecule has 3 rings (SSSR count). The van der Waals surface area contributed by atoms with E-state index in [2.05, 4.69) is 23.5 Å². The van der Waals surface area contributed by atoms with Gasteiger partial charge in [0.2, 0.25) is 0 Å². The molecule has 1 heterocycles. The van der Waals surface area contributed by atoms with Crippen LogP contribution in [0, 0.1) is 6.92 Å². The molecule has 1 aliphatic rings. The van der Waals surface area contributed by atoms with Crippen molar-refractivity contribution < 1.29 is 9.47 Å². The Morgan fingerprint density at radius 1 is 1.22 bits per heavy atom. The van der Waals surface area contributed by atoms with Crippen LogP contribution in [0.2, 0.25) is 5.02 Å². The summed E-state index contributed by atoms with van der Waals surface area (Å²) in [6, 6.07) is 16.3. The molecule has 1 N–H and O–H groups in total. The maximum atomic E-state index is 6.21. The minimum Gasteiger partial charge on any atom is -0.349 e. The fraction of sp³-hybridized carbons (Fsp3) is 0.368. The number of aryl methyl sites for hydroxylation is 1. The summed E-state index contributed by atoms with van der Waals surface area (Å²) in [4.78, 5) is 0. The summed E-state index contributed by atoms with van der Waals surface area (Å²) in [5.74, 6) is 0. The predicted octanol–water partition coefficient (Wildman–Crippen LogP) is 4.41. The van der Waals surface area contributed by atoms with Crippen LogP contribution in [-0.2, 0) is 9.47 Å². The van der Waals surface area contributed by atoms with E-state index in [4.69, 9.17) is 21.1 Å². The van der Waals surface area contributed by atoms with Crippen molar-refractivity contribution in [3.05, 3.63) is 70.2 Å². The van der Waals surface area contributed by atoms with Gasteiger partial charge in [-0.2, -0.15) is 0 Å². The van der Waals surface area contributed by atoms with E-state index in [1.165, 1.54) is 5.56 Å². The van der Waals surface area contributed by atoms with Gasteiger partial charge in [0.1, 0.15) is 0 Å². The smallest absolute Gasteiger partial charge is 0.177 e. The van der Waals surface area contributed by atoms with E-state index in [1.807, 2.05) is 44.2 Å². The Balaban J connectivity index is 1.76. The first kappa shape index (κ1) is 16.5. The third-order valence-electron chi connectivity index (χ3n) is 4.05. The first-order valence-electron chi connectivity index (χ1n) is 7.96. The summed E-state index contributed by atoms with van der Waals surface area (Å²) in [6.45, 7) is 5.54. The van der Waals surface area contributed by atoms with Crippen LogP contribution in [-0.4, -0.2) is 19.4 Å². The average molecular weight is 332 g/mol. The van der Waals surface area contributed by atoms with Gasteiger partial charge in [0.05, 0.1) is 18.8 Å². The number of benzene rings is 2. The second-order valence-electron chi connectivity index (χ2n) is 5.92. The largest absolute Gasteiger partial charge is 0.349 e. The van der Waals surface area contributed by atoms with E-state index in [0.29, 0.717) is 6.61 Å². The molecule has 3 nitrogen and oxygen atoms in total. The molecule has 1 aliphatic heterocycles. The third kappa shape index (κ3) is 4.12. The third-order valence-corrected chi connectivity index (χ3v) is 4.27. The molecule has 0 aliphatic carbocycles. The highest BCUT2D eigenvalue weighted by Gasteiger charge is 2.29. The lowest BCUT2D eigenvalue weighted by molar-refractivity contribution is -0.200. The van der Waals surface area contributed by atoms with Gasteiger partial charge in [-0.1, -0.05) is 48.0 Å². The molecule has 0 spiro atoms. The zero-order chi connectivity index (χ0) is 16.2. The molecule has 1 saturated heterocycles. The fourth-order valence-electron chi connectivity index (χ4n) is 2.91. The second-order valence-corrected chi connectivity index (χ2v) is 6.36. The second kappa shape index (κ2) is 7.45. The Morgan fingerprint density at radius 3 is 2.74 bits per heavy atom. The molecular formula is C19H22ClNO2. The Kier molecular flexibility index (Phi) is 5.34. The quantitative estimate of drug-likeness (QED) is 0.900. The van der Waals surface area contributed by atoms with Gasteiger partial charge in [-0.3, -0.25) is 0 Å². The lowest BCUT2D eigenvalue weighted by Gasteiger charge is -2.34. The average Bonchev–Trinajstić information content (AvgIpc) is 2.55. The van der Waals surface area contributed by atoms with E-state index < -0.39 is 0 Å². The van der Waals surface area contributed by atoms with Crippen LogP contribution < -0.4 is 5.32 Å². The van der Waals surface area contributed by atoms with Crippen molar-refractivity contribution in [2.75, 3.05) is 13.2 Å². The summed E-state index contributed by atoms with van der Waals surface area (Å²) in [5, 5.41) is 4.22. The van der Waals surface area contributed by atoms with Gasteiger partial charge in [-0.15, -0.1) is 0 Å². The van der Waals surface area contributed by atoms with Crippen LogP contribution in [0.3, 0.4) is 0 Å². The number of halogens is 1. The lowest BCUT2D eigenvalue weighted by atomic mass is 10.0. The van der Waals surface area contributed by atoms with Crippen LogP contribution in [0.15, 0.2) is 48.5 Å². The fourth-order valence-corrected chi connectivity index (χ4v) is 3.21. The summed E-state index contributed by atoms with van der Waals surface area (Å²) in [7, 11) is 0. The van der Waals surface area contributed by atoms with Gasteiger partial charge in [-0.05, 0) is 42.7 Å². The minimum atomic E-state index is -0.319. The van der Waals surface area contributed by atoms with E-state index in [-0.39, 0.29) is 18.4 Å². The van der Waals surface area contributed by atoms with Gasteiger partial charge in [0.15, 0.2) is 6.29 Å². The number of morpholine rings is 1. The highest BCUT2D eigenvalue weighted by Crippen LogP contribution is 2.29. The van der Waals surface area contributed by atoms with Crippen molar-refractivity contribution >= 4 is 11.6 Å². The SMILES string of the molecule is Cc1cc(Cl)cc([C@@H](C)OC2OCCNC2c2ccccc2)c1. The van der Waals surface area contributed by atoms with Gasteiger partial charge in [0.25, 0.3) is 0 Å². The van der Waals surface area contributed by atoms with Crippen LogP contribution in [0.25, 0.3) is 0 Å². The van der Waals surface area contributed by atoms with Crippen LogP contribution in [0.5, 0.6) is 0 Å². The maximum Gasteiger partial charge on any atom is 0.177 e. The topological polar surface area (TPSA) is 30.5 Å². The van der Waals surface area contributed by atoms with Crippen molar-refractivity contribution in [1.29, 1.82) is 0 Å². The molecule has 0 saturated carbocycles. The molecule has 3 atom stereocenters. The van der Waals surface area contributed by atoms with Crippen molar-refractivity contribution in [1.82, 2.24) is 5.32 Å². The number of rotatable bonds is 4. The summed E-state index contributed by atoms with van der Waals surface area (Å²) < 4.78 is 12.1. The predicted molar refractivity (Wildman–Crippen MR) is 92.6 cm³/mol. The Labute approximate surface area is 142 Å². The van der Waals surface area contributed by atoms with Crippen molar-refractivity contribution in [3.63, 3.8) is 0 Å². The molecule has 0 radical (unpaired) electrons. The van der Waals surface area contributed by atoms with Crippen molar-refractivity contribution in [2.45, 2.75) is 32.3 Å². The molecule has 2 unspecified atom stereocenters. The maximum absolute atomic E-state index is 6.21. The lowest BCUT2D eigenvalue weighted by Crippen LogP contribution is -2.43. The standard InChI is InChI=1S/C19H22ClNO2/c1-13-10-16(12-17(20)11-13)14(2)23-19-18(21-8-9-22-19)15-6-4-3-5-7-15/h3-7,10-12,14,18-19,21H,8-9H2,1-2H3/t14-,18?,19?/m1/s1. The number of hydrogen-bond donors (Lipinski definition) is 1. The van der Waals surface area contributed by atoms with Crippen molar-refractivity contribution in [3.8, 4) is 0 Å². The van der Waals surface area contributed by atoms with Crippen LogP contribution >= 0.6 is 11.6 Å². The molecule has 122 valence electrons. The van der Waals surface area contributed by atoms with Crippen LogP contribution in [0.4, 0.5) is 0 Å².